The van der Waals surface area contributed by atoms with Gasteiger partial charge in [0.25, 0.3) is 0 Å². The molecular weight excluding hydrogens is 130 g/mol. The molecule has 0 fully saturated rings. The van der Waals surface area contributed by atoms with Crippen LogP contribution in [0.5, 0.6) is 0 Å². The zero-order chi connectivity index (χ0) is 6.97. The average molecular weight is 135 g/mol. The fourth-order valence-electron chi connectivity index (χ4n) is 0.849. The molecule has 4 heteroatoms. The van der Waals surface area contributed by atoms with Gasteiger partial charge in [0.15, 0.2) is 0 Å². The first-order valence-electron chi connectivity index (χ1n) is 2.92. The summed E-state index contributed by atoms with van der Waals surface area (Å²) in [6.45, 7) is 1.83. The molecule has 2 rings (SSSR count). The van der Waals surface area contributed by atoms with Gasteiger partial charge in [-0.05, 0) is 18.1 Å². The fourth-order valence-corrected chi connectivity index (χ4v) is 0.849. The van der Waals surface area contributed by atoms with Crippen molar-refractivity contribution >= 4 is 0 Å². The van der Waals surface area contributed by atoms with E-state index < -0.39 is 0 Å². The van der Waals surface area contributed by atoms with Crippen molar-refractivity contribution < 1.29 is 4.63 Å². The topological polar surface area (TPSA) is 51.8 Å². The first kappa shape index (κ1) is 5.34. The van der Waals surface area contributed by atoms with Crippen LogP contribution in [0.4, 0.5) is 0 Å². The highest BCUT2D eigenvalue weighted by Gasteiger charge is 2.09. The van der Waals surface area contributed by atoms with Crippen molar-refractivity contribution in [2.75, 3.05) is 0 Å². The molecule has 0 saturated carbocycles. The van der Waals surface area contributed by atoms with Gasteiger partial charge in [0.1, 0.15) is 17.1 Å². The summed E-state index contributed by atoms with van der Waals surface area (Å²) in [5.41, 5.74) is 2.34. The van der Waals surface area contributed by atoms with Crippen LogP contribution in [-0.4, -0.2) is 15.3 Å². The molecule has 4 nitrogen and oxygen atoms in total. The van der Waals surface area contributed by atoms with Crippen molar-refractivity contribution in [3.05, 3.63) is 18.0 Å². The highest BCUT2D eigenvalue weighted by atomic mass is 16.6. The summed E-state index contributed by atoms with van der Waals surface area (Å²) in [4.78, 5) is 4.03. The number of aryl methyl sites for hydroxylation is 1. The molecule has 0 atom stereocenters. The van der Waals surface area contributed by atoms with Gasteiger partial charge in [-0.3, -0.25) is 4.98 Å². The quantitative estimate of drug-likeness (QED) is 0.538. The maximum absolute atomic E-state index is 4.54. The first-order chi connectivity index (χ1) is 4.88. The van der Waals surface area contributed by atoms with E-state index in [1.165, 1.54) is 0 Å². The molecule has 0 N–H and O–H groups in total. The molecule has 0 unspecified atom stereocenters. The van der Waals surface area contributed by atoms with Crippen molar-refractivity contribution in [1.82, 2.24) is 15.3 Å². The number of hydrogen-bond acceptors (Lipinski definition) is 4. The van der Waals surface area contributed by atoms with Gasteiger partial charge in [-0.25, -0.2) is 4.63 Å². The predicted molar refractivity (Wildman–Crippen MR) is 33.5 cm³/mol. The van der Waals surface area contributed by atoms with E-state index in [2.05, 4.69) is 19.9 Å². The number of fused-ring (bicyclic) bond motifs is 1. The van der Waals surface area contributed by atoms with E-state index in [0.29, 0.717) is 0 Å². The molecule has 0 bridgehead atoms. The minimum Gasteiger partial charge on any atom is -0.252 e. The molecule has 0 amide bonds. The normalized spacial score (nSPS) is 10.5. The molecule has 2 aliphatic rings. The van der Waals surface area contributed by atoms with Crippen LogP contribution in [0.1, 0.15) is 5.69 Å². The Kier molecular flexibility index (Phi) is 0.943. The van der Waals surface area contributed by atoms with E-state index in [0.717, 1.165) is 17.1 Å². The fraction of sp³-hybridized carbons (Fsp3) is 0.167. The maximum Gasteiger partial charge on any atom is 0.135 e. The first-order valence-corrected chi connectivity index (χ1v) is 2.92. The van der Waals surface area contributed by atoms with Gasteiger partial charge >= 0.3 is 0 Å². The molecule has 0 radical (unpaired) electrons. The number of aromatic nitrogens is 3. The standard InChI is InChI=1S/C6H5N3O/c1-4-6-5(2-3-7-6)9-10-8-4/h2-3H,1H3. The van der Waals surface area contributed by atoms with E-state index in [1.54, 1.807) is 12.3 Å². The Bertz CT molecular complexity index is 317. The van der Waals surface area contributed by atoms with Crippen LogP contribution in [0.2, 0.25) is 0 Å². The van der Waals surface area contributed by atoms with Crippen LogP contribution < -0.4 is 0 Å². The van der Waals surface area contributed by atoms with Gasteiger partial charge < -0.3 is 0 Å². The van der Waals surface area contributed by atoms with Crippen LogP contribution in [0, 0.1) is 6.92 Å². The molecule has 0 spiro atoms. The molecule has 0 aromatic heterocycles. The van der Waals surface area contributed by atoms with E-state index in [9.17, 15) is 0 Å². The van der Waals surface area contributed by atoms with Crippen molar-refractivity contribution in [1.29, 1.82) is 0 Å². The maximum atomic E-state index is 4.54. The largest absolute Gasteiger partial charge is 0.252 e. The van der Waals surface area contributed by atoms with Crippen LogP contribution in [-0.2, 0) is 0 Å². The minimum atomic E-state index is 0.757. The van der Waals surface area contributed by atoms with Crippen LogP contribution in [0.15, 0.2) is 16.9 Å². The summed E-state index contributed by atoms with van der Waals surface area (Å²) >= 11 is 0. The third-order valence-corrected chi connectivity index (χ3v) is 1.34. The second-order valence-electron chi connectivity index (χ2n) is 2.03. The van der Waals surface area contributed by atoms with Crippen LogP contribution >= 0.6 is 0 Å². The molecule has 2 heterocycles. The molecule has 0 aliphatic carbocycles. The lowest BCUT2D eigenvalue weighted by molar-refractivity contribution is 0.279. The zero-order valence-corrected chi connectivity index (χ0v) is 5.40. The molecule has 50 valence electrons. The van der Waals surface area contributed by atoms with Crippen molar-refractivity contribution in [2.45, 2.75) is 6.92 Å². The predicted octanol–water partition coefficient (Wildman–Crippen LogP) is 0.878. The average Bonchev–Trinajstić information content (AvgIpc) is 2.36. The Hall–Kier alpha value is -1.45. The molecule has 2 aliphatic heterocycles. The Labute approximate surface area is 57.2 Å². The Morgan fingerprint density at radius 2 is 2.30 bits per heavy atom. The van der Waals surface area contributed by atoms with E-state index >= 15 is 0 Å². The molecular formula is C6H5N3O. The van der Waals surface area contributed by atoms with Gasteiger partial charge in [-0.1, -0.05) is 5.16 Å². The number of nitrogens with zero attached hydrogens (tertiary/aromatic N) is 3. The van der Waals surface area contributed by atoms with Gasteiger partial charge in [0, 0.05) is 6.20 Å². The van der Waals surface area contributed by atoms with Gasteiger partial charge in [0.2, 0.25) is 0 Å². The summed E-state index contributed by atoms with van der Waals surface area (Å²) in [5, 5.41) is 7.28. The third kappa shape index (κ3) is 0.586. The summed E-state index contributed by atoms with van der Waals surface area (Å²) in [6.07, 6.45) is 1.68. The summed E-state index contributed by atoms with van der Waals surface area (Å²) in [7, 11) is 0. The highest BCUT2D eigenvalue weighted by molar-refractivity contribution is 5.56. The van der Waals surface area contributed by atoms with Gasteiger partial charge in [-0.2, -0.15) is 0 Å². The Morgan fingerprint density at radius 3 is 3.10 bits per heavy atom. The van der Waals surface area contributed by atoms with Crippen LogP contribution in [0.3, 0.4) is 0 Å². The second-order valence-corrected chi connectivity index (χ2v) is 2.03. The summed E-state index contributed by atoms with van der Waals surface area (Å²) in [5.74, 6) is 0. The lowest BCUT2D eigenvalue weighted by atomic mass is 10.3. The Balaban J connectivity index is 2.80. The lowest BCUT2D eigenvalue weighted by Gasteiger charge is -1.93. The smallest absolute Gasteiger partial charge is 0.135 e. The SMILES string of the molecule is Cc1nonc2ccnc1-2. The van der Waals surface area contributed by atoms with Gasteiger partial charge in [0.05, 0.1) is 0 Å². The monoisotopic (exact) mass is 135 g/mol. The minimum absolute atomic E-state index is 0.757. The zero-order valence-electron chi connectivity index (χ0n) is 5.40. The Morgan fingerprint density at radius 1 is 1.40 bits per heavy atom. The number of rotatable bonds is 0. The van der Waals surface area contributed by atoms with Crippen molar-refractivity contribution in [3.8, 4) is 11.4 Å². The van der Waals surface area contributed by atoms with E-state index in [-0.39, 0.29) is 0 Å². The van der Waals surface area contributed by atoms with Gasteiger partial charge in [-0.15, -0.1) is 0 Å². The molecule has 0 aromatic carbocycles. The highest BCUT2D eigenvalue weighted by Crippen LogP contribution is 2.17. The molecule has 0 aromatic rings. The van der Waals surface area contributed by atoms with Crippen molar-refractivity contribution in [2.24, 2.45) is 0 Å². The van der Waals surface area contributed by atoms with Crippen LogP contribution in [0.25, 0.3) is 11.4 Å². The van der Waals surface area contributed by atoms with E-state index in [1.807, 2.05) is 6.92 Å². The van der Waals surface area contributed by atoms with Crippen molar-refractivity contribution in [3.63, 3.8) is 0 Å². The molecule has 10 heavy (non-hydrogen) atoms. The third-order valence-electron chi connectivity index (χ3n) is 1.34. The summed E-state index contributed by atoms with van der Waals surface area (Å²) < 4.78 is 4.54. The van der Waals surface area contributed by atoms with E-state index in [4.69, 9.17) is 0 Å². The summed E-state index contributed by atoms with van der Waals surface area (Å²) in [6, 6.07) is 1.79. The lowest BCUT2D eigenvalue weighted by Crippen LogP contribution is -1.89. The number of hydrogen-bond donors (Lipinski definition) is 0. The second kappa shape index (κ2) is 1.76. The molecule has 0 saturated heterocycles.